The van der Waals surface area contributed by atoms with Crippen LogP contribution < -0.4 is 5.32 Å². The fourth-order valence-corrected chi connectivity index (χ4v) is 5.01. The van der Waals surface area contributed by atoms with E-state index in [0.717, 1.165) is 12.5 Å². The van der Waals surface area contributed by atoms with Crippen molar-refractivity contribution in [3.63, 3.8) is 0 Å². The second kappa shape index (κ2) is 4.36. The molecule has 1 unspecified atom stereocenters. The highest BCUT2D eigenvalue weighted by atomic mass is 35.5. The molecule has 0 aromatic rings. The van der Waals surface area contributed by atoms with E-state index < -0.39 is 0 Å². The largest absolute Gasteiger partial charge is 0.475 e. The molecule has 1 N–H and O–H groups in total. The van der Waals surface area contributed by atoms with E-state index in [-0.39, 0.29) is 25.1 Å². The quantitative estimate of drug-likeness (QED) is 0.751. The molecule has 2 aliphatic heterocycles. The Morgan fingerprint density at radius 2 is 2.00 bits per heavy atom. The lowest BCUT2D eigenvalue weighted by molar-refractivity contribution is -0.199. The number of nitrogens with one attached hydrogen (secondary N) is 1. The average molecular weight is 286 g/mol. The zero-order chi connectivity index (χ0) is 12.5. The third-order valence-electron chi connectivity index (χ3n) is 6.40. The zero-order valence-electron chi connectivity index (χ0n) is 12.1. The van der Waals surface area contributed by atoms with Gasteiger partial charge < -0.3 is 14.6 Å². The number of rotatable bonds is 1. The standard InChI is InChI=1S/C14H24BNO2.ClH/c1-13(2)9-7-10(13)14(3)11(8-9)17-15(18-14)12-5-4-6-16-12;/h9-12,16H,4-8H2,1-3H3;1H/t9-,10-,11?,12+,14-;/m1./s1. The Bertz CT molecular complexity index is 374. The SMILES string of the molecule is CC1(C)[C@H]2CC3OB([C@@H]4CCCN4)O[C@]3(C)[C@@H]1C2.Cl. The summed E-state index contributed by atoms with van der Waals surface area (Å²) in [4.78, 5) is 0. The van der Waals surface area contributed by atoms with Crippen LogP contribution in [0.1, 0.15) is 46.5 Å². The van der Waals surface area contributed by atoms with Gasteiger partial charge in [-0.25, -0.2) is 0 Å². The summed E-state index contributed by atoms with van der Waals surface area (Å²) in [5, 5.41) is 3.52. The van der Waals surface area contributed by atoms with Crippen molar-refractivity contribution in [3.8, 4) is 0 Å². The van der Waals surface area contributed by atoms with Crippen LogP contribution in [0.25, 0.3) is 0 Å². The summed E-state index contributed by atoms with van der Waals surface area (Å²) in [5.74, 6) is 1.95. The average Bonchev–Trinajstić information content (AvgIpc) is 2.92. The molecule has 2 heterocycles. The molecule has 0 radical (unpaired) electrons. The van der Waals surface area contributed by atoms with Crippen molar-refractivity contribution in [3.05, 3.63) is 0 Å². The molecule has 3 aliphatic carbocycles. The Morgan fingerprint density at radius 1 is 1.21 bits per heavy atom. The monoisotopic (exact) mass is 285 g/mol. The Kier molecular flexibility index (Phi) is 3.26. The molecule has 5 fully saturated rings. The van der Waals surface area contributed by atoms with Gasteiger partial charge in [0.25, 0.3) is 0 Å². The van der Waals surface area contributed by atoms with Gasteiger partial charge in [-0.05, 0) is 56.4 Å². The second-order valence-corrected chi connectivity index (χ2v) is 7.54. The van der Waals surface area contributed by atoms with Gasteiger partial charge in [0.15, 0.2) is 0 Å². The van der Waals surface area contributed by atoms with Crippen molar-refractivity contribution in [2.75, 3.05) is 6.54 Å². The minimum Gasteiger partial charge on any atom is -0.404 e. The molecular formula is C14H25BClNO2. The minimum absolute atomic E-state index is 0. The van der Waals surface area contributed by atoms with Gasteiger partial charge in [0, 0.05) is 5.94 Å². The summed E-state index contributed by atoms with van der Waals surface area (Å²) in [6, 6.07) is 0. The molecule has 5 atom stereocenters. The highest BCUT2D eigenvalue weighted by molar-refractivity contribution is 6.47. The van der Waals surface area contributed by atoms with Crippen LogP contribution in [0.15, 0.2) is 0 Å². The van der Waals surface area contributed by atoms with E-state index in [0.29, 0.717) is 23.4 Å². The lowest BCUT2D eigenvalue weighted by Gasteiger charge is -2.64. The number of hydrogen-bond donors (Lipinski definition) is 1. The van der Waals surface area contributed by atoms with Crippen LogP contribution in [-0.2, 0) is 9.31 Å². The normalized spacial score (nSPS) is 50.4. The van der Waals surface area contributed by atoms with Crippen LogP contribution in [0.4, 0.5) is 0 Å². The second-order valence-electron chi connectivity index (χ2n) is 7.54. The smallest absolute Gasteiger partial charge is 0.404 e. The summed E-state index contributed by atoms with van der Waals surface area (Å²) in [7, 11) is -0.00218. The van der Waals surface area contributed by atoms with Gasteiger partial charge in [0.2, 0.25) is 0 Å². The fourth-order valence-electron chi connectivity index (χ4n) is 5.01. The van der Waals surface area contributed by atoms with Gasteiger partial charge in [-0.1, -0.05) is 13.8 Å². The van der Waals surface area contributed by atoms with Crippen LogP contribution in [0.5, 0.6) is 0 Å². The van der Waals surface area contributed by atoms with Gasteiger partial charge >= 0.3 is 7.12 Å². The molecule has 2 saturated heterocycles. The van der Waals surface area contributed by atoms with Crippen molar-refractivity contribution >= 4 is 19.5 Å². The van der Waals surface area contributed by atoms with Gasteiger partial charge in [0.1, 0.15) is 0 Å². The first-order valence-electron chi connectivity index (χ1n) is 7.58. The van der Waals surface area contributed by atoms with Crippen molar-refractivity contribution < 1.29 is 9.31 Å². The van der Waals surface area contributed by atoms with Crippen molar-refractivity contribution in [1.29, 1.82) is 0 Å². The maximum atomic E-state index is 6.44. The van der Waals surface area contributed by atoms with Gasteiger partial charge in [-0.2, -0.15) is 0 Å². The molecule has 19 heavy (non-hydrogen) atoms. The molecular weight excluding hydrogens is 260 g/mol. The first-order chi connectivity index (χ1) is 8.52. The van der Waals surface area contributed by atoms with Crippen LogP contribution in [-0.4, -0.2) is 31.3 Å². The maximum absolute atomic E-state index is 6.44. The van der Waals surface area contributed by atoms with E-state index in [9.17, 15) is 0 Å². The van der Waals surface area contributed by atoms with E-state index in [1.165, 1.54) is 25.7 Å². The zero-order valence-corrected chi connectivity index (χ0v) is 13.0. The van der Waals surface area contributed by atoms with Crippen molar-refractivity contribution in [2.45, 2.75) is 64.1 Å². The molecule has 3 nitrogen and oxygen atoms in total. The van der Waals surface area contributed by atoms with E-state index in [1.807, 2.05) is 0 Å². The van der Waals surface area contributed by atoms with E-state index in [4.69, 9.17) is 9.31 Å². The van der Waals surface area contributed by atoms with Crippen LogP contribution in [0.3, 0.4) is 0 Å². The summed E-state index contributed by atoms with van der Waals surface area (Å²) < 4.78 is 12.7. The molecule has 0 spiro atoms. The fraction of sp³-hybridized carbons (Fsp3) is 1.00. The maximum Gasteiger partial charge on any atom is 0.475 e. The number of halogens is 1. The predicted octanol–water partition coefficient (Wildman–Crippen LogP) is 2.43. The lowest BCUT2D eigenvalue weighted by atomic mass is 9.43. The molecule has 108 valence electrons. The Labute approximate surface area is 122 Å². The van der Waals surface area contributed by atoms with Crippen molar-refractivity contribution in [1.82, 2.24) is 5.32 Å². The van der Waals surface area contributed by atoms with E-state index in [2.05, 4.69) is 26.1 Å². The lowest BCUT2D eigenvalue weighted by Crippen LogP contribution is -2.65. The molecule has 5 heteroatoms. The molecule has 3 saturated carbocycles. The Hall–Kier alpha value is 0.235. The topological polar surface area (TPSA) is 30.5 Å². The summed E-state index contributed by atoms with van der Waals surface area (Å²) in [6.07, 6.45) is 5.33. The Balaban J connectivity index is 0.00000110. The third kappa shape index (κ3) is 1.76. The molecule has 5 aliphatic rings. The minimum atomic E-state index is -0.0345. The van der Waals surface area contributed by atoms with Crippen LogP contribution >= 0.6 is 12.4 Å². The first-order valence-corrected chi connectivity index (χ1v) is 7.58. The van der Waals surface area contributed by atoms with E-state index >= 15 is 0 Å². The van der Waals surface area contributed by atoms with Gasteiger partial charge in [-0.3, -0.25) is 0 Å². The van der Waals surface area contributed by atoms with Gasteiger partial charge in [0.05, 0.1) is 11.7 Å². The molecule has 5 rings (SSSR count). The van der Waals surface area contributed by atoms with Gasteiger partial charge in [-0.15, -0.1) is 12.4 Å². The summed E-state index contributed by atoms with van der Waals surface area (Å²) in [5.41, 5.74) is 0.416. The Morgan fingerprint density at radius 3 is 2.63 bits per heavy atom. The highest BCUT2D eigenvalue weighted by Crippen LogP contribution is 2.65. The molecule has 0 aromatic carbocycles. The molecule has 0 aromatic heterocycles. The summed E-state index contributed by atoms with van der Waals surface area (Å²) in [6.45, 7) is 8.25. The first kappa shape index (κ1) is 14.2. The predicted molar refractivity (Wildman–Crippen MR) is 78.4 cm³/mol. The summed E-state index contributed by atoms with van der Waals surface area (Å²) >= 11 is 0. The van der Waals surface area contributed by atoms with Crippen LogP contribution in [0, 0.1) is 17.3 Å². The van der Waals surface area contributed by atoms with E-state index in [1.54, 1.807) is 0 Å². The molecule has 0 amide bonds. The van der Waals surface area contributed by atoms with Crippen molar-refractivity contribution in [2.24, 2.45) is 17.3 Å². The van der Waals surface area contributed by atoms with Crippen LogP contribution in [0.2, 0.25) is 0 Å². The highest BCUT2D eigenvalue weighted by Gasteiger charge is 2.68. The number of hydrogen-bond acceptors (Lipinski definition) is 3. The third-order valence-corrected chi connectivity index (χ3v) is 6.40. The molecule has 2 bridgehead atoms.